The van der Waals surface area contributed by atoms with Crippen LogP contribution in [0.25, 0.3) is 0 Å². The third kappa shape index (κ3) is 5.50. The van der Waals surface area contributed by atoms with E-state index in [1.165, 1.54) is 0 Å². The predicted molar refractivity (Wildman–Crippen MR) is 87.3 cm³/mol. The van der Waals surface area contributed by atoms with Crippen LogP contribution in [0.2, 0.25) is 5.02 Å². The Morgan fingerprint density at radius 2 is 2.00 bits per heavy atom. The zero-order valence-electron chi connectivity index (χ0n) is 13.4. The van der Waals surface area contributed by atoms with Crippen LogP contribution in [0.4, 0.5) is 0 Å². The summed E-state index contributed by atoms with van der Waals surface area (Å²) in [5.41, 5.74) is 1.17. The van der Waals surface area contributed by atoms with Crippen LogP contribution < -0.4 is 10.1 Å². The molecular weight excluding hydrogens is 286 g/mol. The Balaban J connectivity index is 1.74. The first-order chi connectivity index (χ1) is 9.83. The summed E-state index contributed by atoms with van der Waals surface area (Å²) < 4.78 is 11.8. The molecule has 0 saturated carbocycles. The number of hydrogen-bond acceptors (Lipinski definition) is 3. The van der Waals surface area contributed by atoms with Gasteiger partial charge in [0.25, 0.3) is 0 Å². The molecule has 1 saturated heterocycles. The van der Waals surface area contributed by atoms with Crippen molar-refractivity contribution in [3.8, 4) is 5.75 Å². The van der Waals surface area contributed by atoms with Crippen molar-refractivity contribution in [2.24, 2.45) is 0 Å². The molecule has 0 amide bonds. The molecule has 0 aromatic heterocycles. The summed E-state index contributed by atoms with van der Waals surface area (Å²) in [6.07, 6.45) is 2.64. The lowest BCUT2D eigenvalue weighted by atomic mass is 10.1. The van der Waals surface area contributed by atoms with Gasteiger partial charge >= 0.3 is 0 Å². The van der Waals surface area contributed by atoms with Gasteiger partial charge in [0, 0.05) is 17.1 Å². The van der Waals surface area contributed by atoms with E-state index in [1.54, 1.807) is 0 Å². The van der Waals surface area contributed by atoms with Crippen molar-refractivity contribution in [3.05, 3.63) is 28.8 Å². The average molecular weight is 312 g/mol. The fraction of sp³-hybridized carbons (Fsp3) is 0.647. The van der Waals surface area contributed by atoms with Crippen LogP contribution in [0, 0.1) is 6.92 Å². The zero-order valence-corrected chi connectivity index (χ0v) is 14.2. The molecule has 0 bridgehead atoms. The van der Waals surface area contributed by atoms with E-state index in [9.17, 15) is 0 Å². The molecule has 0 aliphatic carbocycles. The lowest BCUT2D eigenvalue weighted by molar-refractivity contribution is 0.0162. The van der Waals surface area contributed by atoms with E-state index in [1.807, 2.05) is 25.1 Å². The highest BCUT2D eigenvalue weighted by Crippen LogP contribution is 2.24. The number of nitrogens with one attached hydrogen (secondary N) is 1. The third-order valence-corrected chi connectivity index (χ3v) is 4.04. The maximum atomic E-state index is 6.02. The average Bonchev–Trinajstić information content (AvgIpc) is 2.85. The lowest BCUT2D eigenvalue weighted by Gasteiger charge is -2.23. The molecule has 0 radical (unpaired) electrons. The van der Waals surface area contributed by atoms with E-state index in [2.05, 4.69) is 26.1 Å². The summed E-state index contributed by atoms with van der Waals surface area (Å²) >= 11 is 6.01. The van der Waals surface area contributed by atoms with E-state index >= 15 is 0 Å². The summed E-state index contributed by atoms with van der Waals surface area (Å²) in [5, 5.41) is 4.26. The summed E-state index contributed by atoms with van der Waals surface area (Å²) in [4.78, 5) is 0. The molecule has 1 fully saturated rings. The Morgan fingerprint density at radius 1 is 1.29 bits per heavy atom. The second kappa shape index (κ2) is 6.99. The van der Waals surface area contributed by atoms with E-state index in [4.69, 9.17) is 21.1 Å². The molecule has 1 aliphatic heterocycles. The van der Waals surface area contributed by atoms with Gasteiger partial charge in [-0.15, -0.1) is 0 Å². The molecule has 1 aliphatic rings. The van der Waals surface area contributed by atoms with Crippen molar-refractivity contribution < 1.29 is 9.47 Å². The van der Waals surface area contributed by atoms with E-state index in [-0.39, 0.29) is 11.6 Å². The standard InChI is InChI=1S/C17H26ClNO2/c1-12-9-13(7-8-16(12)18)20-11-15-6-5-14(21-15)10-19-17(2,3)4/h7-9,14-15,19H,5-6,10-11H2,1-4H3. The highest BCUT2D eigenvalue weighted by atomic mass is 35.5. The molecule has 3 nitrogen and oxygen atoms in total. The number of benzene rings is 1. The van der Waals surface area contributed by atoms with Gasteiger partial charge < -0.3 is 14.8 Å². The van der Waals surface area contributed by atoms with Gasteiger partial charge in [0.2, 0.25) is 0 Å². The molecule has 2 unspecified atom stereocenters. The highest BCUT2D eigenvalue weighted by Gasteiger charge is 2.26. The Bertz CT molecular complexity index is 470. The summed E-state index contributed by atoms with van der Waals surface area (Å²) in [7, 11) is 0. The number of hydrogen-bond donors (Lipinski definition) is 1. The molecule has 1 aromatic carbocycles. The van der Waals surface area contributed by atoms with Crippen molar-refractivity contribution in [2.45, 2.75) is 58.3 Å². The van der Waals surface area contributed by atoms with Gasteiger partial charge in [-0.05, 0) is 64.3 Å². The van der Waals surface area contributed by atoms with Gasteiger partial charge in [-0.25, -0.2) is 0 Å². The van der Waals surface area contributed by atoms with Gasteiger partial charge in [-0.3, -0.25) is 0 Å². The van der Waals surface area contributed by atoms with Crippen LogP contribution in [-0.4, -0.2) is 30.9 Å². The minimum Gasteiger partial charge on any atom is -0.491 e. The van der Waals surface area contributed by atoms with Gasteiger partial charge in [-0.2, -0.15) is 0 Å². The SMILES string of the molecule is Cc1cc(OCC2CCC(CNC(C)(C)C)O2)ccc1Cl. The minimum atomic E-state index is 0.138. The molecule has 1 aromatic rings. The number of ether oxygens (including phenoxy) is 2. The predicted octanol–water partition coefficient (Wildman–Crippen LogP) is 3.96. The third-order valence-electron chi connectivity index (χ3n) is 3.62. The summed E-state index contributed by atoms with van der Waals surface area (Å²) in [5.74, 6) is 0.858. The van der Waals surface area contributed by atoms with Crippen LogP contribution >= 0.6 is 11.6 Å². The van der Waals surface area contributed by atoms with Crippen LogP contribution in [-0.2, 0) is 4.74 Å². The topological polar surface area (TPSA) is 30.5 Å². The maximum Gasteiger partial charge on any atom is 0.119 e. The highest BCUT2D eigenvalue weighted by molar-refractivity contribution is 6.31. The number of rotatable bonds is 5. The van der Waals surface area contributed by atoms with Crippen LogP contribution in [0.15, 0.2) is 18.2 Å². The van der Waals surface area contributed by atoms with Gasteiger partial charge in [0.05, 0.1) is 12.2 Å². The number of halogens is 1. The van der Waals surface area contributed by atoms with Crippen molar-refractivity contribution >= 4 is 11.6 Å². The summed E-state index contributed by atoms with van der Waals surface area (Å²) in [6, 6.07) is 5.75. The fourth-order valence-corrected chi connectivity index (χ4v) is 2.49. The quantitative estimate of drug-likeness (QED) is 0.892. The van der Waals surface area contributed by atoms with Crippen LogP contribution in [0.5, 0.6) is 5.75 Å². The van der Waals surface area contributed by atoms with E-state index < -0.39 is 0 Å². The number of aryl methyl sites for hydroxylation is 1. The Hall–Kier alpha value is -0.770. The molecule has 118 valence electrons. The van der Waals surface area contributed by atoms with Crippen molar-refractivity contribution in [2.75, 3.05) is 13.2 Å². The lowest BCUT2D eigenvalue weighted by Crippen LogP contribution is -2.41. The van der Waals surface area contributed by atoms with E-state index in [0.717, 1.165) is 35.7 Å². The minimum absolute atomic E-state index is 0.138. The van der Waals surface area contributed by atoms with Gasteiger partial charge in [0.15, 0.2) is 0 Å². The zero-order chi connectivity index (χ0) is 15.5. The smallest absolute Gasteiger partial charge is 0.119 e. The Kier molecular flexibility index (Phi) is 5.53. The Morgan fingerprint density at radius 3 is 2.67 bits per heavy atom. The van der Waals surface area contributed by atoms with Gasteiger partial charge in [-0.1, -0.05) is 11.6 Å². The van der Waals surface area contributed by atoms with Crippen LogP contribution in [0.1, 0.15) is 39.2 Å². The first-order valence-electron chi connectivity index (χ1n) is 7.63. The molecule has 1 N–H and O–H groups in total. The van der Waals surface area contributed by atoms with Crippen molar-refractivity contribution in [3.63, 3.8) is 0 Å². The van der Waals surface area contributed by atoms with E-state index in [0.29, 0.717) is 12.7 Å². The normalized spacial score (nSPS) is 22.5. The summed E-state index contributed by atoms with van der Waals surface area (Å²) in [6.45, 7) is 10.0. The van der Waals surface area contributed by atoms with Crippen LogP contribution in [0.3, 0.4) is 0 Å². The molecule has 4 heteroatoms. The monoisotopic (exact) mass is 311 g/mol. The second-order valence-electron chi connectivity index (χ2n) is 6.81. The Labute approximate surface area is 133 Å². The van der Waals surface area contributed by atoms with Crippen molar-refractivity contribution in [1.29, 1.82) is 0 Å². The molecule has 2 rings (SSSR count). The first-order valence-corrected chi connectivity index (χ1v) is 8.01. The second-order valence-corrected chi connectivity index (χ2v) is 7.22. The molecule has 0 spiro atoms. The fourth-order valence-electron chi connectivity index (χ4n) is 2.37. The largest absolute Gasteiger partial charge is 0.491 e. The molecule has 1 heterocycles. The molecule has 21 heavy (non-hydrogen) atoms. The molecule has 2 atom stereocenters. The maximum absolute atomic E-state index is 6.02. The molecular formula is C17H26ClNO2. The van der Waals surface area contributed by atoms with Crippen molar-refractivity contribution in [1.82, 2.24) is 5.32 Å². The first kappa shape index (κ1) is 16.6. The van der Waals surface area contributed by atoms with Gasteiger partial charge in [0.1, 0.15) is 12.4 Å².